The first kappa shape index (κ1) is 13.1. The van der Waals surface area contributed by atoms with E-state index in [0.29, 0.717) is 10.0 Å². The van der Waals surface area contributed by atoms with Gasteiger partial charge in [-0.2, -0.15) is 0 Å². The van der Waals surface area contributed by atoms with Crippen LogP contribution in [-0.4, -0.2) is 17.2 Å². The summed E-state index contributed by atoms with van der Waals surface area (Å²) in [4.78, 5) is 0. The second kappa shape index (κ2) is 5.50. The summed E-state index contributed by atoms with van der Waals surface area (Å²) in [6.45, 7) is 0. The molecule has 1 aromatic carbocycles. The highest BCUT2D eigenvalue weighted by Crippen LogP contribution is 2.34. The number of hydrogen-bond donors (Lipinski definition) is 2. The van der Waals surface area contributed by atoms with E-state index in [0.717, 1.165) is 25.7 Å². The van der Waals surface area contributed by atoms with Crippen LogP contribution in [0.1, 0.15) is 43.6 Å². The highest BCUT2D eigenvalue weighted by Gasteiger charge is 2.26. The van der Waals surface area contributed by atoms with Gasteiger partial charge in [-0.05, 0) is 30.4 Å². The van der Waals surface area contributed by atoms with Crippen molar-refractivity contribution in [1.82, 2.24) is 0 Å². The van der Waals surface area contributed by atoms with Crippen LogP contribution >= 0.6 is 15.9 Å². The van der Waals surface area contributed by atoms with Gasteiger partial charge in [-0.1, -0.05) is 41.3 Å². The van der Waals surface area contributed by atoms with Crippen molar-refractivity contribution in [1.29, 1.82) is 0 Å². The maximum atomic E-state index is 14.2. The molecule has 1 aliphatic carbocycles. The predicted octanol–water partition coefficient (Wildman–Crippen LogP) is 2.32. The molecule has 17 heavy (non-hydrogen) atoms. The zero-order chi connectivity index (χ0) is 12.4. The summed E-state index contributed by atoms with van der Waals surface area (Å²) in [5, 5.41) is 18.4. The molecular weight excluding hydrogens is 286 g/mol. The third-order valence-electron chi connectivity index (χ3n) is 3.46. The Kier molecular flexibility index (Phi) is 4.23. The summed E-state index contributed by atoms with van der Waals surface area (Å²) in [6.07, 6.45) is 5.43. The number of halogens is 2. The Hall–Kier alpha value is -0.385. The van der Waals surface area contributed by atoms with Crippen LogP contribution in [-0.2, 0) is 0 Å². The van der Waals surface area contributed by atoms with E-state index in [4.69, 9.17) is 0 Å². The van der Waals surface area contributed by atoms with Crippen LogP contribution in [0.15, 0.2) is 16.6 Å². The fraction of sp³-hybridized carbons (Fsp3) is 0.500. The Morgan fingerprint density at radius 1 is 1.18 bits per heavy atom. The molecule has 1 aromatic rings. The van der Waals surface area contributed by atoms with E-state index in [1.54, 1.807) is 12.1 Å². The maximum absolute atomic E-state index is 14.2. The van der Waals surface area contributed by atoms with E-state index >= 15 is 0 Å². The van der Waals surface area contributed by atoms with Gasteiger partial charge in [0.05, 0.1) is 0 Å². The first-order valence-electron chi connectivity index (χ1n) is 5.95. The number of hydrogen-bond acceptors (Lipinski definition) is 2. The molecule has 92 valence electrons. The monoisotopic (exact) mass is 300 g/mol. The Bertz CT molecular complexity index is 406. The van der Waals surface area contributed by atoms with Crippen molar-refractivity contribution in [3.63, 3.8) is 0 Å². The van der Waals surface area contributed by atoms with Crippen LogP contribution in [0, 0.1) is 5.82 Å². The van der Waals surface area contributed by atoms with Gasteiger partial charge in [-0.3, -0.25) is 0 Å². The van der Waals surface area contributed by atoms with Gasteiger partial charge >= 0.3 is 7.12 Å². The van der Waals surface area contributed by atoms with Crippen molar-refractivity contribution in [2.24, 2.45) is 0 Å². The molecule has 1 saturated carbocycles. The highest BCUT2D eigenvalue weighted by atomic mass is 79.9. The molecule has 0 heterocycles. The lowest BCUT2D eigenvalue weighted by atomic mass is 9.75. The van der Waals surface area contributed by atoms with E-state index in [1.807, 2.05) is 0 Å². The second-order valence-electron chi connectivity index (χ2n) is 4.57. The molecule has 1 fully saturated rings. The summed E-state index contributed by atoms with van der Waals surface area (Å²) in [7, 11) is -1.77. The molecule has 0 radical (unpaired) electrons. The van der Waals surface area contributed by atoms with Gasteiger partial charge in [0.15, 0.2) is 0 Å². The Morgan fingerprint density at radius 3 is 2.41 bits per heavy atom. The summed E-state index contributed by atoms with van der Waals surface area (Å²) in [6, 6.07) is 3.45. The fourth-order valence-corrected chi connectivity index (χ4v) is 3.06. The van der Waals surface area contributed by atoms with Crippen LogP contribution in [0.5, 0.6) is 0 Å². The second-order valence-corrected chi connectivity index (χ2v) is 5.43. The molecule has 1 aliphatic rings. The van der Waals surface area contributed by atoms with Crippen molar-refractivity contribution in [2.45, 2.75) is 38.0 Å². The van der Waals surface area contributed by atoms with Crippen LogP contribution < -0.4 is 5.46 Å². The lowest BCUT2D eigenvalue weighted by molar-refractivity contribution is 0.416. The van der Waals surface area contributed by atoms with E-state index in [9.17, 15) is 14.4 Å². The van der Waals surface area contributed by atoms with Gasteiger partial charge in [-0.15, -0.1) is 0 Å². The topological polar surface area (TPSA) is 40.5 Å². The molecule has 0 bridgehead atoms. The van der Waals surface area contributed by atoms with E-state index in [1.165, 1.54) is 6.42 Å². The number of rotatable bonds is 2. The zero-order valence-corrected chi connectivity index (χ0v) is 11.1. The standard InChI is InChI=1S/C12H15BBrFO2/c14-10-7-6-9(8-4-2-1-3-5-8)12(15)11(10)13(16)17/h6-8,16-17H,1-5H2. The molecule has 2 nitrogen and oxygen atoms in total. The van der Waals surface area contributed by atoms with Crippen LogP contribution in [0.25, 0.3) is 0 Å². The van der Waals surface area contributed by atoms with Gasteiger partial charge in [0, 0.05) is 9.94 Å². The Balaban J connectivity index is 2.37. The average Bonchev–Trinajstić information content (AvgIpc) is 2.30. The summed E-state index contributed by atoms with van der Waals surface area (Å²) in [5.41, 5.74) is 0.573. The SMILES string of the molecule is OB(O)c1c(Br)ccc(C2CCCCC2)c1F. The Morgan fingerprint density at radius 2 is 1.82 bits per heavy atom. The smallest absolute Gasteiger partial charge is 0.423 e. The first-order valence-corrected chi connectivity index (χ1v) is 6.74. The third kappa shape index (κ3) is 2.72. The lowest BCUT2D eigenvalue weighted by Crippen LogP contribution is -2.35. The zero-order valence-electron chi connectivity index (χ0n) is 9.50. The molecule has 0 aromatic heterocycles. The molecule has 0 spiro atoms. The van der Waals surface area contributed by atoms with Crippen molar-refractivity contribution in [3.05, 3.63) is 28.0 Å². The number of benzene rings is 1. The first-order chi connectivity index (χ1) is 8.11. The van der Waals surface area contributed by atoms with Gasteiger partial charge in [-0.25, -0.2) is 4.39 Å². The van der Waals surface area contributed by atoms with Gasteiger partial charge in [0.2, 0.25) is 0 Å². The molecular formula is C12H15BBrFO2. The summed E-state index contributed by atoms with van der Waals surface area (Å²) < 4.78 is 14.6. The quantitative estimate of drug-likeness (QED) is 0.823. The van der Waals surface area contributed by atoms with Crippen LogP contribution in [0.3, 0.4) is 0 Å². The van der Waals surface area contributed by atoms with E-state index in [-0.39, 0.29) is 11.4 Å². The molecule has 5 heteroatoms. The van der Waals surface area contributed by atoms with Crippen molar-refractivity contribution in [3.8, 4) is 0 Å². The van der Waals surface area contributed by atoms with Crippen molar-refractivity contribution < 1.29 is 14.4 Å². The minimum Gasteiger partial charge on any atom is -0.423 e. The highest BCUT2D eigenvalue weighted by molar-refractivity contribution is 9.10. The third-order valence-corrected chi connectivity index (χ3v) is 4.15. The average molecular weight is 301 g/mol. The van der Waals surface area contributed by atoms with Gasteiger partial charge < -0.3 is 10.0 Å². The minimum atomic E-state index is -1.77. The molecule has 2 N–H and O–H groups in total. The molecule has 0 atom stereocenters. The molecule has 0 unspecified atom stereocenters. The lowest BCUT2D eigenvalue weighted by Gasteiger charge is -2.23. The van der Waals surface area contributed by atoms with E-state index in [2.05, 4.69) is 15.9 Å². The molecule has 0 amide bonds. The fourth-order valence-electron chi connectivity index (χ4n) is 2.55. The van der Waals surface area contributed by atoms with Crippen molar-refractivity contribution in [2.75, 3.05) is 0 Å². The summed E-state index contributed by atoms with van der Waals surface area (Å²) >= 11 is 3.15. The summed E-state index contributed by atoms with van der Waals surface area (Å²) in [5.74, 6) is -0.254. The van der Waals surface area contributed by atoms with Crippen LogP contribution in [0.2, 0.25) is 0 Å². The molecule has 0 saturated heterocycles. The van der Waals surface area contributed by atoms with Gasteiger partial charge in [0.1, 0.15) is 5.82 Å². The Labute approximate surface area is 109 Å². The van der Waals surface area contributed by atoms with Crippen molar-refractivity contribution >= 4 is 28.5 Å². The minimum absolute atomic E-state index is 0.0481. The molecule has 2 rings (SSSR count). The predicted molar refractivity (Wildman–Crippen MR) is 69.8 cm³/mol. The maximum Gasteiger partial charge on any atom is 0.492 e. The normalized spacial score (nSPS) is 17.2. The van der Waals surface area contributed by atoms with Crippen LogP contribution in [0.4, 0.5) is 4.39 Å². The van der Waals surface area contributed by atoms with E-state index < -0.39 is 12.9 Å². The largest absolute Gasteiger partial charge is 0.492 e. The molecule has 0 aliphatic heterocycles. The van der Waals surface area contributed by atoms with Gasteiger partial charge in [0.25, 0.3) is 0 Å².